The maximum absolute atomic E-state index is 10.8. The summed E-state index contributed by atoms with van der Waals surface area (Å²) < 4.78 is 5.05. The molecule has 0 aliphatic heterocycles. The Morgan fingerprint density at radius 2 is 1.65 bits per heavy atom. The highest BCUT2D eigenvalue weighted by molar-refractivity contribution is 5.64. The van der Waals surface area contributed by atoms with E-state index in [2.05, 4.69) is 34.6 Å². The zero-order chi connectivity index (χ0) is 15.6. The van der Waals surface area contributed by atoms with Crippen molar-refractivity contribution in [1.82, 2.24) is 0 Å². The van der Waals surface area contributed by atoms with Gasteiger partial charge in [-0.2, -0.15) is 0 Å². The van der Waals surface area contributed by atoms with Gasteiger partial charge in [-0.3, -0.25) is 0 Å². The third-order valence-corrected chi connectivity index (χ3v) is 4.22. The van der Waals surface area contributed by atoms with Crippen molar-refractivity contribution in [2.75, 3.05) is 6.61 Å². The van der Waals surface area contributed by atoms with E-state index in [4.69, 9.17) is 10.5 Å². The van der Waals surface area contributed by atoms with Crippen LogP contribution in [0.1, 0.15) is 79.6 Å². The quantitative estimate of drug-likeness (QED) is 0.566. The normalized spacial score (nSPS) is 14.8. The summed E-state index contributed by atoms with van der Waals surface area (Å²) in [6.07, 6.45) is 8.49. The van der Waals surface area contributed by atoms with Gasteiger partial charge in [0.05, 0.1) is 6.61 Å². The van der Waals surface area contributed by atoms with Crippen molar-refractivity contribution in [2.24, 2.45) is 23.0 Å². The van der Waals surface area contributed by atoms with Crippen molar-refractivity contribution in [2.45, 2.75) is 79.6 Å². The average Bonchev–Trinajstić information content (AvgIpc) is 2.31. The Morgan fingerprint density at radius 3 is 2.15 bits per heavy atom. The SMILES string of the molecule is CCCCCCCCC(C)C(COC(N)=O)C(C)(C)C. The summed E-state index contributed by atoms with van der Waals surface area (Å²) in [5.74, 6) is 0.922. The number of carbonyl (C=O) groups excluding carboxylic acids is 1. The van der Waals surface area contributed by atoms with Crippen LogP contribution < -0.4 is 5.73 Å². The van der Waals surface area contributed by atoms with Gasteiger partial charge < -0.3 is 10.5 Å². The van der Waals surface area contributed by atoms with Crippen molar-refractivity contribution < 1.29 is 9.53 Å². The highest BCUT2D eigenvalue weighted by atomic mass is 16.5. The van der Waals surface area contributed by atoms with E-state index in [0.717, 1.165) is 0 Å². The third-order valence-electron chi connectivity index (χ3n) is 4.22. The van der Waals surface area contributed by atoms with Crippen LogP contribution in [0.4, 0.5) is 4.79 Å². The summed E-state index contributed by atoms with van der Waals surface area (Å²) in [5.41, 5.74) is 5.23. The van der Waals surface area contributed by atoms with E-state index in [9.17, 15) is 4.79 Å². The second-order valence-corrected chi connectivity index (χ2v) is 7.14. The lowest BCUT2D eigenvalue weighted by molar-refractivity contribution is 0.0618. The van der Waals surface area contributed by atoms with Crippen molar-refractivity contribution >= 4 is 6.09 Å². The first kappa shape index (κ1) is 19.3. The molecule has 2 unspecified atom stereocenters. The van der Waals surface area contributed by atoms with Crippen molar-refractivity contribution in [3.05, 3.63) is 0 Å². The minimum Gasteiger partial charge on any atom is -0.449 e. The molecule has 0 saturated heterocycles. The van der Waals surface area contributed by atoms with Gasteiger partial charge >= 0.3 is 6.09 Å². The van der Waals surface area contributed by atoms with E-state index < -0.39 is 6.09 Å². The van der Waals surface area contributed by atoms with Gasteiger partial charge in [-0.1, -0.05) is 79.6 Å². The Labute approximate surface area is 125 Å². The standard InChI is InChI=1S/C17H35NO2/c1-6-7-8-9-10-11-12-14(2)15(17(3,4)5)13-20-16(18)19/h14-15H,6-13H2,1-5H3,(H2,18,19). The Balaban J connectivity index is 4.08. The van der Waals surface area contributed by atoms with Gasteiger partial charge in [-0.25, -0.2) is 4.79 Å². The predicted octanol–water partition coefficient (Wildman–Crippen LogP) is 5.13. The van der Waals surface area contributed by atoms with Gasteiger partial charge in [0.1, 0.15) is 0 Å². The van der Waals surface area contributed by atoms with Gasteiger partial charge in [0.15, 0.2) is 0 Å². The minimum atomic E-state index is -0.661. The molecule has 0 aliphatic carbocycles. The Bertz CT molecular complexity index is 258. The number of hydrogen-bond acceptors (Lipinski definition) is 2. The first-order chi connectivity index (χ1) is 9.29. The van der Waals surface area contributed by atoms with Crippen LogP contribution in [0, 0.1) is 17.3 Å². The summed E-state index contributed by atoms with van der Waals surface area (Å²) >= 11 is 0. The highest BCUT2D eigenvalue weighted by Crippen LogP contribution is 2.35. The van der Waals surface area contributed by atoms with Crippen LogP contribution in [0.25, 0.3) is 0 Å². The average molecular weight is 285 g/mol. The molecule has 0 spiro atoms. The number of carbonyl (C=O) groups is 1. The molecule has 20 heavy (non-hydrogen) atoms. The number of primary amides is 1. The zero-order valence-electron chi connectivity index (χ0n) is 14.2. The van der Waals surface area contributed by atoms with E-state index in [0.29, 0.717) is 18.4 Å². The van der Waals surface area contributed by atoms with Gasteiger partial charge in [0, 0.05) is 5.92 Å². The summed E-state index contributed by atoms with van der Waals surface area (Å²) in [6.45, 7) is 11.6. The maximum Gasteiger partial charge on any atom is 0.404 e. The lowest BCUT2D eigenvalue weighted by atomic mass is 9.72. The third kappa shape index (κ3) is 9.22. The van der Waals surface area contributed by atoms with E-state index in [1.165, 1.54) is 44.9 Å². The molecule has 0 fully saturated rings. The van der Waals surface area contributed by atoms with Crippen molar-refractivity contribution in [3.63, 3.8) is 0 Å². The fraction of sp³-hybridized carbons (Fsp3) is 0.941. The summed E-state index contributed by atoms with van der Waals surface area (Å²) in [5, 5.41) is 0. The molecule has 2 atom stereocenters. The largest absolute Gasteiger partial charge is 0.449 e. The van der Waals surface area contributed by atoms with Gasteiger partial charge in [0.2, 0.25) is 0 Å². The number of unbranched alkanes of at least 4 members (excludes halogenated alkanes) is 5. The van der Waals surface area contributed by atoms with Gasteiger partial charge in [0.25, 0.3) is 0 Å². The first-order valence-electron chi connectivity index (χ1n) is 8.21. The van der Waals surface area contributed by atoms with E-state index in [1.54, 1.807) is 0 Å². The molecule has 120 valence electrons. The molecular weight excluding hydrogens is 250 g/mol. The number of hydrogen-bond donors (Lipinski definition) is 1. The maximum atomic E-state index is 10.8. The molecule has 0 aromatic carbocycles. The molecule has 3 heteroatoms. The molecule has 2 N–H and O–H groups in total. The highest BCUT2D eigenvalue weighted by Gasteiger charge is 2.30. The molecule has 0 aromatic rings. The molecule has 0 aromatic heterocycles. The second-order valence-electron chi connectivity index (χ2n) is 7.14. The Kier molecular flexibility index (Phi) is 9.70. The number of ether oxygens (including phenoxy) is 1. The fourth-order valence-corrected chi connectivity index (χ4v) is 2.89. The predicted molar refractivity (Wildman–Crippen MR) is 85.6 cm³/mol. The summed E-state index contributed by atoms with van der Waals surface area (Å²) in [7, 11) is 0. The molecule has 0 radical (unpaired) electrons. The van der Waals surface area contributed by atoms with Crippen molar-refractivity contribution in [1.29, 1.82) is 0 Å². The Morgan fingerprint density at radius 1 is 1.10 bits per heavy atom. The molecule has 0 rings (SSSR count). The molecule has 0 bridgehead atoms. The molecule has 0 saturated carbocycles. The molecule has 0 aliphatic rings. The molecular formula is C17H35NO2. The molecule has 0 heterocycles. The van der Waals surface area contributed by atoms with Crippen LogP contribution in [-0.4, -0.2) is 12.7 Å². The number of rotatable bonds is 10. The van der Waals surface area contributed by atoms with E-state index in [-0.39, 0.29) is 5.41 Å². The van der Waals surface area contributed by atoms with E-state index in [1.807, 2.05) is 0 Å². The van der Waals surface area contributed by atoms with Crippen molar-refractivity contribution in [3.8, 4) is 0 Å². The lowest BCUT2D eigenvalue weighted by Crippen LogP contribution is -2.33. The summed E-state index contributed by atoms with van der Waals surface area (Å²) in [4.78, 5) is 10.8. The topological polar surface area (TPSA) is 52.3 Å². The molecule has 1 amide bonds. The van der Waals surface area contributed by atoms with Crippen LogP contribution in [0.2, 0.25) is 0 Å². The number of amides is 1. The van der Waals surface area contributed by atoms with Crippen LogP contribution in [0.15, 0.2) is 0 Å². The first-order valence-corrected chi connectivity index (χ1v) is 8.21. The van der Waals surface area contributed by atoms with Gasteiger partial charge in [-0.05, 0) is 11.3 Å². The second kappa shape index (κ2) is 10.1. The van der Waals surface area contributed by atoms with Gasteiger partial charge in [-0.15, -0.1) is 0 Å². The lowest BCUT2D eigenvalue weighted by Gasteiger charge is -2.35. The van der Waals surface area contributed by atoms with Crippen LogP contribution in [0.3, 0.4) is 0 Å². The molecule has 3 nitrogen and oxygen atoms in total. The minimum absolute atomic E-state index is 0.136. The Hall–Kier alpha value is -0.730. The fourth-order valence-electron chi connectivity index (χ4n) is 2.89. The van der Waals surface area contributed by atoms with Crippen LogP contribution >= 0.6 is 0 Å². The zero-order valence-corrected chi connectivity index (χ0v) is 14.2. The summed E-state index contributed by atoms with van der Waals surface area (Å²) in [6, 6.07) is 0. The van der Waals surface area contributed by atoms with Crippen LogP contribution in [0.5, 0.6) is 0 Å². The number of nitrogens with two attached hydrogens (primary N) is 1. The van der Waals surface area contributed by atoms with E-state index >= 15 is 0 Å². The van der Waals surface area contributed by atoms with Crippen LogP contribution in [-0.2, 0) is 4.74 Å². The smallest absolute Gasteiger partial charge is 0.404 e. The monoisotopic (exact) mass is 285 g/mol.